The highest BCUT2D eigenvalue weighted by Crippen LogP contribution is 2.49. The lowest BCUT2D eigenvalue weighted by molar-refractivity contribution is -0.150. The summed E-state index contributed by atoms with van der Waals surface area (Å²) >= 11 is 0. The van der Waals surface area contributed by atoms with Crippen molar-refractivity contribution in [2.24, 2.45) is 5.92 Å². The van der Waals surface area contributed by atoms with Gasteiger partial charge in [0, 0.05) is 37.3 Å². The van der Waals surface area contributed by atoms with Crippen LogP contribution in [0.15, 0.2) is 48.5 Å². The highest BCUT2D eigenvalue weighted by atomic mass is 16.5. The minimum absolute atomic E-state index is 0.0322. The third-order valence-corrected chi connectivity index (χ3v) is 8.04. The molecule has 2 aliphatic rings. The molecule has 2 aromatic carbocycles. The Balaban J connectivity index is 1.63. The van der Waals surface area contributed by atoms with Crippen LogP contribution >= 0.6 is 0 Å². The van der Waals surface area contributed by atoms with E-state index in [1.165, 1.54) is 5.69 Å². The molecule has 3 atom stereocenters. The number of anilines is 1. The van der Waals surface area contributed by atoms with Crippen molar-refractivity contribution in [1.29, 1.82) is 0 Å². The van der Waals surface area contributed by atoms with E-state index < -0.39 is 5.60 Å². The molecule has 0 unspecified atom stereocenters. The second-order valence-electron chi connectivity index (χ2n) is 9.89. The molecule has 1 N–H and O–H groups in total. The van der Waals surface area contributed by atoms with Crippen LogP contribution < -0.4 is 14.4 Å². The van der Waals surface area contributed by atoms with Crippen molar-refractivity contribution >= 4 is 17.7 Å². The van der Waals surface area contributed by atoms with Crippen molar-refractivity contribution in [3.63, 3.8) is 0 Å². The fraction of sp³-hybridized carbons (Fsp3) is 0.500. The summed E-state index contributed by atoms with van der Waals surface area (Å²) in [6.45, 7) is 6.77. The van der Waals surface area contributed by atoms with E-state index >= 15 is 0 Å². The van der Waals surface area contributed by atoms with E-state index in [9.17, 15) is 9.90 Å². The van der Waals surface area contributed by atoms with Crippen molar-refractivity contribution < 1.29 is 19.4 Å². The van der Waals surface area contributed by atoms with Crippen LogP contribution in [0.5, 0.6) is 11.5 Å². The maximum Gasteiger partial charge on any atom is 0.247 e. The molecule has 1 amide bonds. The Morgan fingerprint density at radius 2 is 1.78 bits per heavy atom. The maximum atomic E-state index is 13.6. The minimum atomic E-state index is -0.704. The van der Waals surface area contributed by atoms with Gasteiger partial charge in [-0.25, -0.2) is 0 Å². The van der Waals surface area contributed by atoms with Gasteiger partial charge in [0.15, 0.2) is 11.5 Å². The van der Waals surface area contributed by atoms with E-state index in [1.807, 2.05) is 29.2 Å². The zero-order valence-corrected chi connectivity index (χ0v) is 22.1. The fourth-order valence-electron chi connectivity index (χ4n) is 6.03. The molecule has 4 rings (SSSR count). The Morgan fingerprint density at radius 1 is 1.06 bits per heavy atom. The quantitative estimate of drug-likeness (QED) is 0.496. The van der Waals surface area contributed by atoms with Crippen molar-refractivity contribution in [3.8, 4) is 11.5 Å². The number of hydrogen-bond acceptors (Lipinski definition) is 5. The number of ether oxygens (including phenoxy) is 2. The number of methoxy groups -OCH3 is 2. The molecule has 0 radical (unpaired) electrons. The first-order chi connectivity index (χ1) is 17.4. The highest BCUT2D eigenvalue weighted by molar-refractivity contribution is 5.92. The van der Waals surface area contributed by atoms with E-state index in [0.29, 0.717) is 24.5 Å². The van der Waals surface area contributed by atoms with Gasteiger partial charge in [-0.2, -0.15) is 0 Å². The Hall–Kier alpha value is -2.99. The molecular weight excluding hydrogens is 452 g/mol. The lowest BCUT2D eigenvalue weighted by Gasteiger charge is -2.52. The van der Waals surface area contributed by atoms with Crippen LogP contribution in [0.25, 0.3) is 6.08 Å². The Morgan fingerprint density at radius 3 is 2.44 bits per heavy atom. The van der Waals surface area contributed by atoms with Gasteiger partial charge in [0.1, 0.15) is 0 Å². The van der Waals surface area contributed by atoms with Gasteiger partial charge in [-0.05, 0) is 74.6 Å². The topological polar surface area (TPSA) is 62.2 Å². The predicted molar refractivity (Wildman–Crippen MR) is 145 cm³/mol. The molecule has 1 saturated carbocycles. The largest absolute Gasteiger partial charge is 0.493 e. The first kappa shape index (κ1) is 26.1. The third kappa shape index (κ3) is 5.24. The summed E-state index contributed by atoms with van der Waals surface area (Å²) in [6.07, 6.45) is 7.98. The van der Waals surface area contributed by atoms with Crippen LogP contribution in [0.1, 0.15) is 63.1 Å². The van der Waals surface area contributed by atoms with Gasteiger partial charge in [-0.3, -0.25) is 4.79 Å². The second-order valence-corrected chi connectivity index (χ2v) is 9.89. The Bertz CT molecular complexity index is 1060. The number of hydrogen-bond donors (Lipinski definition) is 1. The summed E-state index contributed by atoms with van der Waals surface area (Å²) in [4.78, 5) is 17.9. The van der Waals surface area contributed by atoms with Crippen LogP contribution in [0, 0.1) is 5.92 Å². The van der Waals surface area contributed by atoms with E-state index in [-0.39, 0.29) is 17.9 Å². The first-order valence-corrected chi connectivity index (χ1v) is 13.2. The average Bonchev–Trinajstić information content (AvgIpc) is 2.91. The molecule has 0 spiro atoms. The number of aliphatic hydroxyl groups is 1. The predicted octanol–water partition coefficient (Wildman–Crippen LogP) is 5.46. The zero-order chi connectivity index (χ0) is 25.7. The molecule has 1 aliphatic heterocycles. The molecule has 194 valence electrons. The molecule has 36 heavy (non-hydrogen) atoms. The van der Waals surface area contributed by atoms with Crippen LogP contribution in [-0.2, 0) is 4.79 Å². The van der Waals surface area contributed by atoms with Gasteiger partial charge < -0.3 is 24.4 Å². The van der Waals surface area contributed by atoms with Gasteiger partial charge in [-0.1, -0.05) is 31.0 Å². The maximum absolute atomic E-state index is 13.6. The highest BCUT2D eigenvalue weighted by Gasteiger charge is 2.49. The molecule has 2 aromatic rings. The van der Waals surface area contributed by atoms with E-state index in [4.69, 9.17) is 9.47 Å². The molecular formula is C30H40N2O4. The summed E-state index contributed by atoms with van der Waals surface area (Å²) in [7, 11) is 3.21. The number of nitrogens with zero attached hydrogens (tertiary/aromatic N) is 2. The molecule has 1 saturated heterocycles. The number of amides is 1. The number of fused-ring (bicyclic) bond motifs is 1. The van der Waals surface area contributed by atoms with Crippen molar-refractivity contribution in [3.05, 3.63) is 59.7 Å². The van der Waals surface area contributed by atoms with Crippen molar-refractivity contribution in [2.45, 2.75) is 57.6 Å². The third-order valence-electron chi connectivity index (χ3n) is 8.04. The smallest absolute Gasteiger partial charge is 0.247 e. The first-order valence-electron chi connectivity index (χ1n) is 13.2. The van der Waals surface area contributed by atoms with E-state index in [1.54, 1.807) is 20.3 Å². The number of carbonyl (C=O) groups excluding carboxylic acids is 1. The van der Waals surface area contributed by atoms with Gasteiger partial charge >= 0.3 is 0 Å². The minimum Gasteiger partial charge on any atom is -0.493 e. The average molecular weight is 493 g/mol. The Kier molecular flexibility index (Phi) is 8.24. The normalized spacial score (nSPS) is 23.9. The fourth-order valence-corrected chi connectivity index (χ4v) is 6.03. The van der Waals surface area contributed by atoms with E-state index in [2.05, 4.69) is 43.0 Å². The van der Waals surface area contributed by atoms with Gasteiger partial charge in [-0.15, -0.1) is 0 Å². The number of likely N-dealkylation sites (tertiary alicyclic amines) is 1. The van der Waals surface area contributed by atoms with Crippen molar-refractivity contribution in [2.75, 3.05) is 38.8 Å². The van der Waals surface area contributed by atoms with E-state index in [0.717, 1.165) is 49.9 Å². The molecule has 0 aromatic heterocycles. The second kappa shape index (κ2) is 11.4. The lowest BCUT2D eigenvalue weighted by Crippen LogP contribution is -2.56. The molecule has 6 nitrogen and oxygen atoms in total. The summed E-state index contributed by atoms with van der Waals surface area (Å²) in [6, 6.07) is 14.1. The summed E-state index contributed by atoms with van der Waals surface area (Å²) in [5.74, 6) is 1.29. The molecule has 1 heterocycles. The van der Waals surface area contributed by atoms with Gasteiger partial charge in [0.25, 0.3) is 0 Å². The molecule has 6 heteroatoms. The molecule has 1 aliphatic carbocycles. The Labute approximate surface area is 215 Å². The van der Waals surface area contributed by atoms with Crippen molar-refractivity contribution in [1.82, 2.24) is 4.90 Å². The summed E-state index contributed by atoms with van der Waals surface area (Å²) < 4.78 is 10.7. The summed E-state index contributed by atoms with van der Waals surface area (Å²) in [5.41, 5.74) is 2.45. The SMILES string of the molecule is CCN(CC)c1ccc([C@H]2[C@H]3CCCC[C@]3(O)CCN2C(=O)/C=C/c2ccc(OC)c(OC)c2)cc1. The number of rotatable bonds is 8. The van der Waals surface area contributed by atoms with Crippen LogP contribution in [0.3, 0.4) is 0 Å². The lowest BCUT2D eigenvalue weighted by atomic mass is 9.66. The van der Waals surface area contributed by atoms with Gasteiger partial charge in [0.05, 0.1) is 25.9 Å². The molecule has 2 fully saturated rings. The van der Waals surface area contributed by atoms with Crippen LogP contribution in [-0.4, -0.2) is 55.4 Å². The number of piperidine rings is 1. The number of carbonyl (C=O) groups is 1. The summed E-state index contributed by atoms with van der Waals surface area (Å²) in [5, 5.41) is 11.6. The van der Waals surface area contributed by atoms with Gasteiger partial charge in [0.2, 0.25) is 5.91 Å². The number of benzene rings is 2. The molecule has 0 bridgehead atoms. The zero-order valence-electron chi connectivity index (χ0n) is 22.1. The standard InChI is InChI=1S/C30H40N2O4/c1-5-31(6-2)24-14-12-23(13-15-24)29-25-9-7-8-18-30(25,34)19-20-32(29)28(33)17-11-22-10-16-26(35-3)27(21-22)36-4/h10-17,21,25,29,34H,5-9,18-20H2,1-4H3/b17-11+/t25-,29+,30+/m1/s1. The van der Waals surface area contributed by atoms with Crippen LogP contribution in [0.2, 0.25) is 0 Å². The van der Waals surface area contributed by atoms with Crippen LogP contribution in [0.4, 0.5) is 5.69 Å². The monoisotopic (exact) mass is 492 g/mol.